The zero-order valence-electron chi connectivity index (χ0n) is 14.5. The maximum Gasteiger partial charge on any atom is 0.170 e. The third-order valence-corrected chi connectivity index (χ3v) is 8.96. The van der Waals surface area contributed by atoms with Gasteiger partial charge in [-0.1, -0.05) is 26.0 Å². The number of hydrogen-bond acceptors (Lipinski definition) is 3. The standard InChI is InChI=1S/C20H30O3/c1-12-8-18-9-13(12)4-5-15(18)19-6-7-20(22,23-11-19)17(2,3)16(19)14(21)10-18/h13-16,21-22H,1,4-11H2,2-3H3/t13-,14+,15+,16+,18+,19+,20-/m0/s1. The first-order valence-electron chi connectivity index (χ1n) is 9.46. The molecule has 0 radical (unpaired) electrons. The average molecular weight is 318 g/mol. The zero-order valence-corrected chi connectivity index (χ0v) is 14.5. The Morgan fingerprint density at radius 3 is 2.65 bits per heavy atom. The predicted molar refractivity (Wildman–Crippen MR) is 87.5 cm³/mol. The second-order valence-corrected chi connectivity index (χ2v) is 10.0. The second-order valence-electron chi connectivity index (χ2n) is 10.0. The summed E-state index contributed by atoms with van der Waals surface area (Å²) in [6.45, 7) is 9.23. The van der Waals surface area contributed by atoms with Gasteiger partial charge in [0, 0.05) is 23.2 Å². The van der Waals surface area contributed by atoms with Gasteiger partial charge in [-0.25, -0.2) is 0 Å². The van der Waals surface area contributed by atoms with Crippen LogP contribution < -0.4 is 0 Å². The molecule has 4 bridgehead atoms. The van der Waals surface area contributed by atoms with E-state index in [1.807, 2.05) is 0 Å². The third-order valence-electron chi connectivity index (χ3n) is 8.96. The number of aliphatic hydroxyl groups is 2. The van der Waals surface area contributed by atoms with Crippen LogP contribution in [0.3, 0.4) is 0 Å². The highest BCUT2D eigenvalue weighted by atomic mass is 16.6. The quantitative estimate of drug-likeness (QED) is 0.674. The first-order valence-corrected chi connectivity index (χ1v) is 9.46. The molecule has 3 nitrogen and oxygen atoms in total. The fourth-order valence-corrected chi connectivity index (χ4v) is 8.15. The molecule has 6 fully saturated rings. The van der Waals surface area contributed by atoms with E-state index >= 15 is 0 Å². The Morgan fingerprint density at radius 1 is 1.17 bits per heavy atom. The molecule has 2 spiro atoms. The van der Waals surface area contributed by atoms with Gasteiger partial charge in [0.1, 0.15) is 0 Å². The SMILES string of the molecule is C=C1C[C@]23C[C@@H]1CC[C@H]2[C@@]12CC[C@](O)(OC1)C(C)(C)[C@H]2[C@H](O)C3. The maximum absolute atomic E-state index is 11.2. The van der Waals surface area contributed by atoms with E-state index in [2.05, 4.69) is 20.4 Å². The lowest BCUT2D eigenvalue weighted by Gasteiger charge is -2.72. The van der Waals surface area contributed by atoms with Crippen molar-refractivity contribution in [2.45, 2.75) is 70.7 Å². The number of allylic oxidation sites excluding steroid dienone is 1. The number of fused-ring (bicyclic) bond motifs is 3. The molecule has 0 aromatic carbocycles. The van der Waals surface area contributed by atoms with E-state index in [-0.39, 0.29) is 28.3 Å². The Balaban J connectivity index is 1.65. The van der Waals surface area contributed by atoms with Gasteiger partial charge in [0.2, 0.25) is 0 Å². The van der Waals surface area contributed by atoms with Gasteiger partial charge in [-0.15, -0.1) is 0 Å². The molecule has 2 aliphatic heterocycles. The summed E-state index contributed by atoms with van der Waals surface area (Å²) in [6.07, 6.45) is 7.18. The second kappa shape index (κ2) is 4.05. The Hall–Kier alpha value is -0.380. The van der Waals surface area contributed by atoms with Crippen LogP contribution in [0, 0.1) is 34.0 Å². The summed E-state index contributed by atoms with van der Waals surface area (Å²) < 4.78 is 6.09. The number of hydrogen-bond donors (Lipinski definition) is 2. The van der Waals surface area contributed by atoms with Crippen molar-refractivity contribution < 1.29 is 14.9 Å². The van der Waals surface area contributed by atoms with Gasteiger partial charge in [0.25, 0.3) is 0 Å². The Labute approximate surface area is 139 Å². The minimum absolute atomic E-state index is 0.0568. The lowest BCUT2D eigenvalue weighted by molar-refractivity contribution is -0.405. The number of ether oxygens (including phenoxy) is 1. The van der Waals surface area contributed by atoms with Gasteiger partial charge in [-0.3, -0.25) is 0 Å². The van der Waals surface area contributed by atoms with Crippen LogP contribution >= 0.6 is 0 Å². The minimum Gasteiger partial charge on any atom is -0.393 e. The molecular weight excluding hydrogens is 288 g/mol. The van der Waals surface area contributed by atoms with Gasteiger partial charge >= 0.3 is 0 Å². The first-order chi connectivity index (χ1) is 10.7. The number of aliphatic hydroxyl groups excluding tert-OH is 1. The predicted octanol–water partition coefficient (Wildman–Crippen LogP) is 3.26. The van der Waals surface area contributed by atoms with Crippen LogP contribution in [-0.4, -0.2) is 28.7 Å². The van der Waals surface area contributed by atoms with Gasteiger partial charge < -0.3 is 14.9 Å². The van der Waals surface area contributed by atoms with Crippen LogP contribution in [0.2, 0.25) is 0 Å². The van der Waals surface area contributed by atoms with Crippen LogP contribution in [0.5, 0.6) is 0 Å². The maximum atomic E-state index is 11.2. The minimum atomic E-state index is -1.05. The molecule has 0 aromatic rings. The van der Waals surface area contributed by atoms with Crippen molar-refractivity contribution >= 4 is 0 Å². The molecule has 0 amide bonds. The normalized spacial score (nSPS) is 59.6. The molecule has 2 heterocycles. The summed E-state index contributed by atoms with van der Waals surface area (Å²) in [4.78, 5) is 0. The van der Waals surface area contributed by atoms with Crippen molar-refractivity contribution in [2.75, 3.05) is 6.61 Å². The van der Waals surface area contributed by atoms with Crippen molar-refractivity contribution in [3.63, 3.8) is 0 Å². The van der Waals surface area contributed by atoms with Crippen molar-refractivity contribution in [3.8, 4) is 0 Å². The Morgan fingerprint density at radius 2 is 1.96 bits per heavy atom. The molecule has 128 valence electrons. The lowest BCUT2D eigenvalue weighted by atomic mass is 9.38. The molecule has 6 rings (SSSR count). The molecule has 0 aromatic heterocycles. The zero-order chi connectivity index (χ0) is 16.3. The van der Waals surface area contributed by atoms with E-state index in [0.29, 0.717) is 18.4 Å². The highest BCUT2D eigenvalue weighted by Gasteiger charge is 2.74. The van der Waals surface area contributed by atoms with Crippen molar-refractivity contribution in [1.29, 1.82) is 0 Å². The van der Waals surface area contributed by atoms with Crippen LogP contribution in [0.1, 0.15) is 58.8 Å². The Bertz CT molecular complexity index is 571. The lowest BCUT2D eigenvalue weighted by Crippen LogP contribution is -2.74. The third kappa shape index (κ3) is 1.49. The Kier molecular flexibility index (Phi) is 2.63. The molecule has 4 aliphatic carbocycles. The molecule has 2 saturated heterocycles. The van der Waals surface area contributed by atoms with Gasteiger partial charge in [0.15, 0.2) is 5.79 Å². The summed E-state index contributed by atoms with van der Waals surface area (Å²) in [5.41, 5.74) is 1.36. The average Bonchev–Trinajstić information content (AvgIpc) is 2.70. The topological polar surface area (TPSA) is 49.7 Å². The van der Waals surface area contributed by atoms with Crippen molar-refractivity contribution in [1.82, 2.24) is 0 Å². The fourth-order valence-electron chi connectivity index (χ4n) is 8.15. The van der Waals surface area contributed by atoms with E-state index in [1.165, 1.54) is 24.8 Å². The molecular formula is C20H30O3. The first kappa shape index (κ1) is 14.9. The van der Waals surface area contributed by atoms with Crippen LogP contribution in [-0.2, 0) is 4.74 Å². The molecule has 3 heteroatoms. The monoisotopic (exact) mass is 318 g/mol. The smallest absolute Gasteiger partial charge is 0.170 e. The fraction of sp³-hybridized carbons (Fsp3) is 0.900. The van der Waals surface area contributed by atoms with E-state index in [0.717, 1.165) is 25.7 Å². The summed E-state index contributed by atoms with van der Waals surface area (Å²) >= 11 is 0. The van der Waals surface area contributed by atoms with Crippen molar-refractivity contribution in [3.05, 3.63) is 12.2 Å². The van der Waals surface area contributed by atoms with E-state index < -0.39 is 5.79 Å². The van der Waals surface area contributed by atoms with E-state index in [9.17, 15) is 10.2 Å². The summed E-state index contributed by atoms with van der Waals surface area (Å²) in [5, 5.41) is 22.2. The van der Waals surface area contributed by atoms with E-state index in [1.54, 1.807) is 0 Å². The highest BCUT2D eigenvalue weighted by Crippen LogP contribution is 2.75. The van der Waals surface area contributed by atoms with Gasteiger partial charge in [-0.2, -0.15) is 0 Å². The molecule has 6 aliphatic rings. The van der Waals surface area contributed by atoms with Gasteiger partial charge in [-0.05, 0) is 55.8 Å². The van der Waals surface area contributed by atoms with Gasteiger partial charge in [0.05, 0.1) is 12.7 Å². The molecule has 23 heavy (non-hydrogen) atoms. The van der Waals surface area contributed by atoms with E-state index in [4.69, 9.17) is 4.74 Å². The summed E-state index contributed by atoms with van der Waals surface area (Å²) in [7, 11) is 0. The highest BCUT2D eigenvalue weighted by molar-refractivity contribution is 5.26. The summed E-state index contributed by atoms with van der Waals surface area (Å²) in [6, 6.07) is 0. The molecule has 7 atom stereocenters. The largest absolute Gasteiger partial charge is 0.393 e. The van der Waals surface area contributed by atoms with Crippen LogP contribution in [0.4, 0.5) is 0 Å². The molecule has 0 unspecified atom stereocenters. The van der Waals surface area contributed by atoms with Crippen LogP contribution in [0.15, 0.2) is 12.2 Å². The van der Waals surface area contributed by atoms with Crippen molar-refractivity contribution in [2.24, 2.45) is 34.0 Å². The summed E-state index contributed by atoms with van der Waals surface area (Å²) in [5.74, 6) is 0.414. The van der Waals surface area contributed by atoms with Crippen LogP contribution in [0.25, 0.3) is 0 Å². The molecule has 4 saturated carbocycles. The number of rotatable bonds is 0. The molecule has 2 N–H and O–H groups in total.